The molecule has 4 nitrogen and oxygen atoms in total. The van der Waals surface area contributed by atoms with Crippen LogP contribution in [0.2, 0.25) is 0 Å². The molecule has 0 aliphatic heterocycles. The summed E-state index contributed by atoms with van der Waals surface area (Å²) in [7, 11) is -3.87. The molecule has 25 heavy (non-hydrogen) atoms. The lowest BCUT2D eigenvalue weighted by Crippen LogP contribution is -2.08. The van der Waals surface area contributed by atoms with Crippen molar-refractivity contribution in [1.29, 1.82) is 0 Å². The quantitative estimate of drug-likeness (QED) is 0.361. The standard InChI is InChI=1S/C20H34O4S/c1-3-5-7-12-18-14-11-15-19(13-8-6-4-2)20(18)24-16-9-10-17-25(21,22)23/h11,14-15H,3-10,12-13,16-17H2,1-2H3,(H,21,22,23). The van der Waals surface area contributed by atoms with Crippen LogP contribution >= 0.6 is 0 Å². The smallest absolute Gasteiger partial charge is 0.264 e. The summed E-state index contributed by atoms with van der Waals surface area (Å²) in [6.07, 6.45) is 10.2. The molecule has 0 radical (unpaired) electrons. The van der Waals surface area contributed by atoms with Crippen LogP contribution in [-0.2, 0) is 23.0 Å². The summed E-state index contributed by atoms with van der Waals surface area (Å²) >= 11 is 0. The van der Waals surface area contributed by atoms with Crippen LogP contribution in [0.1, 0.15) is 76.3 Å². The van der Waals surface area contributed by atoms with Crippen LogP contribution in [0, 0.1) is 0 Å². The van der Waals surface area contributed by atoms with E-state index in [9.17, 15) is 8.42 Å². The highest BCUT2D eigenvalue weighted by atomic mass is 32.2. The molecule has 0 spiro atoms. The fourth-order valence-corrected chi connectivity index (χ4v) is 3.48. The summed E-state index contributed by atoms with van der Waals surface area (Å²) in [5.41, 5.74) is 2.52. The van der Waals surface area contributed by atoms with Gasteiger partial charge in [-0.15, -0.1) is 0 Å². The third kappa shape index (κ3) is 9.85. The maximum Gasteiger partial charge on any atom is 0.264 e. The van der Waals surface area contributed by atoms with Gasteiger partial charge in [-0.1, -0.05) is 57.7 Å². The van der Waals surface area contributed by atoms with Crippen molar-refractivity contribution in [3.63, 3.8) is 0 Å². The fraction of sp³-hybridized carbons (Fsp3) is 0.700. The summed E-state index contributed by atoms with van der Waals surface area (Å²) in [5.74, 6) is 0.805. The first-order valence-electron chi connectivity index (χ1n) is 9.66. The second-order valence-electron chi connectivity index (χ2n) is 6.66. The second kappa shape index (κ2) is 12.3. The highest BCUT2D eigenvalue weighted by molar-refractivity contribution is 7.85. The van der Waals surface area contributed by atoms with Gasteiger partial charge >= 0.3 is 0 Å². The maximum atomic E-state index is 10.8. The van der Waals surface area contributed by atoms with E-state index in [0.717, 1.165) is 31.4 Å². The highest BCUT2D eigenvalue weighted by Gasteiger charge is 2.10. The molecule has 0 saturated carbocycles. The van der Waals surface area contributed by atoms with Gasteiger partial charge in [0.1, 0.15) is 5.75 Å². The number of benzene rings is 1. The molecule has 0 bridgehead atoms. The molecule has 1 rings (SSSR count). The van der Waals surface area contributed by atoms with Gasteiger partial charge in [-0.3, -0.25) is 4.55 Å². The highest BCUT2D eigenvalue weighted by Crippen LogP contribution is 2.28. The Labute approximate surface area is 153 Å². The Morgan fingerprint density at radius 2 is 1.44 bits per heavy atom. The van der Waals surface area contributed by atoms with E-state index in [1.54, 1.807) is 0 Å². The van der Waals surface area contributed by atoms with Crippen molar-refractivity contribution >= 4 is 10.1 Å². The molecule has 144 valence electrons. The molecule has 0 aromatic heterocycles. The molecule has 0 aliphatic carbocycles. The molecule has 1 aromatic rings. The van der Waals surface area contributed by atoms with E-state index < -0.39 is 10.1 Å². The average molecular weight is 371 g/mol. The molecule has 0 saturated heterocycles. The summed E-state index contributed by atoms with van der Waals surface area (Å²) in [6, 6.07) is 6.41. The van der Waals surface area contributed by atoms with Crippen molar-refractivity contribution < 1.29 is 17.7 Å². The van der Waals surface area contributed by atoms with Crippen LogP contribution in [0.5, 0.6) is 5.75 Å². The van der Waals surface area contributed by atoms with Gasteiger partial charge in [0.05, 0.1) is 12.4 Å². The first-order valence-corrected chi connectivity index (χ1v) is 11.3. The normalized spacial score (nSPS) is 11.6. The van der Waals surface area contributed by atoms with Gasteiger partial charge in [0.25, 0.3) is 10.1 Å². The van der Waals surface area contributed by atoms with Gasteiger partial charge in [-0.2, -0.15) is 8.42 Å². The minimum absolute atomic E-state index is 0.197. The van der Waals surface area contributed by atoms with E-state index in [1.807, 2.05) is 0 Å². The Bertz CT molecular complexity index is 553. The van der Waals surface area contributed by atoms with Crippen LogP contribution in [-0.4, -0.2) is 25.3 Å². The zero-order valence-electron chi connectivity index (χ0n) is 15.8. The predicted molar refractivity (Wildman–Crippen MR) is 104 cm³/mol. The zero-order valence-corrected chi connectivity index (χ0v) is 16.6. The molecular formula is C20H34O4S. The lowest BCUT2D eigenvalue weighted by Gasteiger charge is -2.16. The Hall–Kier alpha value is -1.07. The van der Waals surface area contributed by atoms with Crippen LogP contribution in [0.3, 0.4) is 0 Å². The molecule has 5 heteroatoms. The molecule has 0 amide bonds. The van der Waals surface area contributed by atoms with Crippen LogP contribution in [0.15, 0.2) is 18.2 Å². The van der Waals surface area contributed by atoms with Crippen LogP contribution in [0.4, 0.5) is 0 Å². The van der Waals surface area contributed by atoms with Crippen molar-refractivity contribution in [2.45, 2.75) is 78.1 Å². The van der Waals surface area contributed by atoms with E-state index in [4.69, 9.17) is 9.29 Å². The van der Waals surface area contributed by atoms with Gasteiger partial charge in [-0.25, -0.2) is 0 Å². The average Bonchev–Trinajstić information content (AvgIpc) is 2.55. The summed E-state index contributed by atoms with van der Waals surface area (Å²) in [4.78, 5) is 0. The zero-order chi connectivity index (χ0) is 18.5. The number of hydrogen-bond acceptors (Lipinski definition) is 3. The maximum absolute atomic E-state index is 10.8. The molecule has 1 N–H and O–H groups in total. The number of unbranched alkanes of at least 4 members (excludes halogenated alkanes) is 5. The van der Waals surface area contributed by atoms with Crippen molar-refractivity contribution in [3.05, 3.63) is 29.3 Å². The number of aryl methyl sites for hydroxylation is 2. The third-order valence-corrected chi connectivity index (χ3v) is 5.13. The van der Waals surface area contributed by atoms with Gasteiger partial charge < -0.3 is 4.74 Å². The van der Waals surface area contributed by atoms with Gasteiger partial charge in [0.2, 0.25) is 0 Å². The van der Waals surface area contributed by atoms with Gasteiger partial charge in [0.15, 0.2) is 0 Å². The van der Waals surface area contributed by atoms with Crippen LogP contribution in [0.25, 0.3) is 0 Å². The summed E-state index contributed by atoms with van der Waals surface area (Å²) < 4.78 is 36.4. The van der Waals surface area contributed by atoms with E-state index in [2.05, 4.69) is 32.0 Å². The fourth-order valence-electron chi connectivity index (χ4n) is 2.91. The Balaban J connectivity index is 2.68. The lowest BCUT2D eigenvalue weighted by molar-refractivity contribution is 0.302. The Morgan fingerprint density at radius 3 is 1.92 bits per heavy atom. The minimum atomic E-state index is -3.87. The molecule has 0 atom stereocenters. The third-order valence-electron chi connectivity index (χ3n) is 4.32. The summed E-state index contributed by atoms with van der Waals surface area (Å²) in [6.45, 7) is 4.89. The van der Waals surface area contributed by atoms with Crippen LogP contribution < -0.4 is 4.74 Å². The number of rotatable bonds is 14. The van der Waals surface area contributed by atoms with Crippen molar-refractivity contribution in [2.75, 3.05) is 12.4 Å². The topological polar surface area (TPSA) is 63.6 Å². The largest absolute Gasteiger partial charge is 0.493 e. The van der Waals surface area contributed by atoms with Crippen molar-refractivity contribution in [1.82, 2.24) is 0 Å². The van der Waals surface area contributed by atoms with Crippen molar-refractivity contribution in [2.24, 2.45) is 0 Å². The molecule has 1 aromatic carbocycles. The van der Waals surface area contributed by atoms with Crippen molar-refractivity contribution in [3.8, 4) is 5.75 Å². The second-order valence-corrected chi connectivity index (χ2v) is 8.23. The van der Waals surface area contributed by atoms with Gasteiger partial charge in [-0.05, 0) is 49.7 Å². The van der Waals surface area contributed by atoms with E-state index >= 15 is 0 Å². The van der Waals surface area contributed by atoms with E-state index in [1.165, 1.54) is 36.8 Å². The molecular weight excluding hydrogens is 336 g/mol. The Morgan fingerprint density at radius 1 is 0.880 bits per heavy atom. The molecule has 0 heterocycles. The monoisotopic (exact) mass is 370 g/mol. The van der Waals surface area contributed by atoms with E-state index in [0.29, 0.717) is 19.4 Å². The minimum Gasteiger partial charge on any atom is -0.493 e. The first kappa shape index (κ1) is 22.0. The number of hydrogen-bond donors (Lipinski definition) is 1. The predicted octanol–water partition coefficient (Wildman–Crippen LogP) is 5.20. The van der Waals surface area contributed by atoms with Gasteiger partial charge in [0, 0.05) is 0 Å². The SMILES string of the molecule is CCCCCc1cccc(CCCCC)c1OCCCCS(=O)(=O)O. The molecule has 0 fully saturated rings. The first-order chi connectivity index (χ1) is 12.0. The van der Waals surface area contributed by atoms with E-state index in [-0.39, 0.29) is 5.75 Å². The number of ether oxygens (including phenoxy) is 1. The molecule has 0 unspecified atom stereocenters. The Kier molecular flexibility index (Phi) is 10.8. The number of para-hydroxylation sites is 1. The summed E-state index contributed by atoms with van der Waals surface area (Å²) in [5, 5.41) is 0. The molecule has 0 aliphatic rings. The lowest BCUT2D eigenvalue weighted by atomic mass is 9.99.